The molecular weight excluding hydrogens is 422 g/mol. The van der Waals surface area contributed by atoms with Crippen molar-refractivity contribution in [1.82, 2.24) is 9.88 Å². The summed E-state index contributed by atoms with van der Waals surface area (Å²) in [6, 6.07) is 19.2. The Morgan fingerprint density at radius 1 is 1.03 bits per heavy atom. The molecule has 2 amide bonds. The van der Waals surface area contributed by atoms with Gasteiger partial charge >= 0.3 is 0 Å². The number of piperidine rings is 1. The summed E-state index contributed by atoms with van der Waals surface area (Å²) in [6.45, 7) is 3.41. The third-order valence-electron chi connectivity index (χ3n) is 5.99. The van der Waals surface area contributed by atoms with Crippen LogP contribution in [0.1, 0.15) is 44.7 Å². The predicted molar refractivity (Wildman–Crippen MR) is 127 cm³/mol. The molecule has 1 aliphatic rings. The Labute approximate surface area is 193 Å². The molecule has 4 rings (SSSR count). The van der Waals surface area contributed by atoms with E-state index >= 15 is 0 Å². The molecule has 1 fully saturated rings. The standard InChI is InChI=1S/C26H26ClN3O2/c1-18-7-8-21(16-23(18)29-25(31)22-9-10-24(27)28-17-22)26(32)30-13-11-20(12-14-30)15-19-5-3-2-4-6-19/h2-10,16-17,20H,11-15H2,1H3,(H,29,31). The van der Waals surface area contributed by atoms with Crippen LogP contribution in [0.5, 0.6) is 0 Å². The molecule has 2 heterocycles. The maximum Gasteiger partial charge on any atom is 0.257 e. The van der Waals surface area contributed by atoms with E-state index < -0.39 is 0 Å². The first-order valence-electron chi connectivity index (χ1n) is 10.9. The highest BCUT2D eigenvalue weighted by atomic mass is 35.5. The van der Waals surface area contributed by atoms with Crippen LogP contribution in [0.25, 0.3) is 0 Å². The zero-order valence-electron chi connectivity index (χ0n) is 18.1. The largest absolute Gasteiger partial charge is 0.339 e. The number of carbonyl (C=O) groups excluding carboxylic acids is 2. The molecule has 2 aromatic carbocycles. The third kappa shape index (κ3) is 5.35. The molecule has 5 nitrogen and oxygen atoms in total. The molecule has 1 aromatic heterocycles. The van der Waals surface area contributed by atoms with Crippen molar-refractivity contribution in [3.8, 4) is 0 Å². The van der Waals surface area contributed by atoms with Crippen molar-refractivity contribution in [1.29, 1.82) is 0 Å². The number of carbonyl (C=O) groups is 2. The van der Waals surface area contributed by atoms with Gasteiger partial charge in [0.05, 0.1) is 5.56 Å². The van der Waals surface area contributed by atoms with Gasteiger partial charge in [0, 0.05) is 30.5 Å². The van der Waals surface area contributed by atoms with Gasteiger partial charge in [-0.15, -0.1) is 0 Å². The summed E-state index contributed by atoms with van der Waals surface area (Å²) in [6.07, 6.45) is 4.49. The number of benzene rings is 2. The molecule has 1 N–H and O–H groups in total. The van der Waals surface area contributed by atoms with Crippen molar-refractivity contribution in [3.05, 3.63) is 94.3 Å². The van der Waals surface area contributed by atoms with E-state index in [1.165, 1.54) is 11.8 Å². The minimum atomic E-state index is -0.288. The third-order valence-corrected chi connectivity index (χ3v) is 6.21. The predicted octanol–water partition coefficient (Wildman–Crippen LogP) is 5.39. The van der Waals surface area contributed by atoms with E-state index in [4.69, 9.17) is 11.6 Å². The van der Waals surface area contributed by atoms with Gasteiger partial charge < -0.3 is 10.2 Å². The van der Waals surface area contributed by atoms with Crippen LogP contribution in [0.2, 0.25) is 5.15 Å². The number of hydrogen-bond acceptors (Lipinski definition) is 3. The van der Waals surface area contributed by atoms with Crippen molar-refractivity contribution in [2.75, 3.05) is 18.4 Å². The summed E-state index contributed by atoms with van der Waals surface area (Å²) in [5.41, 5.74) is 3.85. The highest BCUT2D eigenvalue weighted by Crippen LogP contribution is 2.24. The van der Waals surface area contributed by atoms with Gasteiger partial charge in [-0.25, -0.2) is 4.98 Å². The van der Waals surface area contributed by atoms with Crippen molar-refractivity contribution in [2.24, 2.45) is 5.92 Å². The van der Waals surface area contributed by atoms with Crippen LogP contribution in [0.4, 0.5) is 5.69 Å². The molecule has 3 aromatic rings. The van der Waals surface area contributed by atoms with Gasteiger partial charge in [-0.3, -0.25) is 9.59 Å². The van der Waals surface area contributed by atoms with Crippen LogP contribution in [0.15, 0.2) is 66.9 Å². The number of halogens is 1. The quantitative estimate of drug-likeness (QED) is 0.533. The van der Waals surface area contributed by atoms with Gasteiger partial charge in [-0.1, -0.05) is 48.0 Å². The van der Waals surface area contributed by atoms with Gasteiger partial charge in [-0.05, 0) is 67.5 Å². The smallest absolute Gasteiger partial charge is 0.257 e. The lowest BCUT2D eigenvalue weighted by atomic mass is 9.90. The maximum atomic E-state index is 13.1. The van der Waals surface area contributed by atoms with Gasteiger partial charge in [0.1, 0.15) is 5.15 Å². The van der Waals surface area contributed by atoms with Gasteiger partial charge in [0.25, 0.3) is 11.8 Å². The average molecular weight is 448 g/mol. The lowest BCUT2D eigenvalue weighted by molar-refractivity contribution is 0.0690. The first kappa shape index (κ1) is 22.0. The second-order valence-electron chi connectivity index (χ2n) is 8.28. The number of pyridine rings is 1. The Morgan fingerprint density at radius 3 is 2.44 bits per heavy atom. The number of nitrogens with zero attached hydrogens (tertiary/aromatic N) is 2. The minimum absolute atomic E-state index is 0.00631. The van der Waals surface area contributed by atoms with Crippen LogP contribution in [-0.2, 0) is 6.42 Å². The number of likely N-dealkylation sites (tertiary alicyclic amines) is 1. The summed E-state index contributed by atoms with van der Waals surface area (Å²) in [5, 5.41) is 3.22. The summed E-state index contributed by atoms with van der Waals surface area (Å²) in [7, 11) is 0. The van der Waals surface area contributed by atoms with Gasteiger partial charge in [-0.2, -0.15) is 0 Å². The highest BCUT2D eigenvalue weighted by molar-refractivity contribution is 6.29. The lowest BCUT2D eigenvalue weighted by Gasteiger charge is -2.32. The Bertz CT molecular complexity index is 1090. The fourth-order valence-corrected chi connectivity index (χ4v) is 4.18. The van der Waals surface area contributed by atoms with Crippen LogP contribution in [0.3, 0.4) is 0 Å². The number of anilines is 1. The zero-order valence-corrected chi connectivity index (χ0v) is 18.8. The Kier molecular flexibility index (Phi) is 6.86. The second kappa shape index (κ2) is 9.96. The first-order valence-corrected chi connectivity index (χ1v) is 11.2. The van der Waals surface area contributed by atoms with Gasteiger partial charge in [0.15, 0.2) is 0 Å². The van der Waals surface area contributed by atoms with Crippen molar-refractivity contribution < 1.29 is 9.59 Å². The molecule has 32 heavy (non-hydrogen) atoms. The number of amides is 2. The van der Waals surface area contributed by atoms with E-state index in [2.05, 4.69) is 34.6 Å². The molecular formula is C26H26ClN3O2. The van der Waals surface area contributed by atoms with Crippen LogP contribution < -0.4 is 5.32 Å². The van der Waals surface area contributed by atoms with Crippen LogP contribution >= 0.6 is 11.6 Å². The number of aryl methyl sites for hydroxylation is 1. The molecule has 0 spiro atoms. The fourth-order valence-electron chi connectivity index (χ4n) is 4.06. The molecule has 1 aliphatic heterocycles. The Balaban J connectivity index is 1.39. The van der Waals surface area contributed by atoms with Crippen molar-refractivity contribution in [3.63, 3.8) is 0 Å². The van der Waals surface area contributed by atoms with E-state index in [0.717, 1.165) is 37.9 Å². The minimum Gasteiger partial charge on any atom is -0.339 e. The lowest BCUT2D eigenvalue weighted by Crippen LogP contribution is -2.39. The molecule has 0 atom stereocenters. The van der Waals surface area contributed by atoms with E-state index in [-0.39, 0.29) is 11.8 Å². The maximum absolute atomic E-state index is 13.1. The molecule has 6 heteroatoms. The highest BCUT2D eigenvalue weighted by Gasteiger charge is 2.24. The topological polar surface area (TPSA) is 62.3 Å². The van der Waals surface area contributed by atoms with Gasteiger partial charge in [0.2, 0.25) is 0 Å². The Morgan fingerprint density at radius 2 is 1.75 bits per heavy atom. The summed E-state index contributed by atoms with van der Waals surface area (Å²) in [5.74, 6) is 0.317. The van der Waals surface area contributed by atoms with E-state index in [1.807, 2.05) is 30.0 Å². The van der Waals surface area contributed by atoms with Crippen molar-refractivity contribution in [2.45, 2.75) is 26.2 Å². The SMILES string of the molecule is Cc1ccc(C(=O)N2CCC(Cc3ccccc3)CC2)cc1NC(=O)c1ccc(Cl)nc1. The van der Waals surface area contributed by atoms with Crippen molar-refractivity contribution >= 4 is 29.1 Å². The fraction of sp³-hybridized carbons (Fsp3) is 0.269. The van der Waals surface area contributed by atoms with Crippen LogP contribution in [0, 0.1) is 12.8 Å². The number of nitrogens with one attached hydrogen (secondary N) is 1. The van der Waals surface area contributed by atoms with E-state index in [0.29, 0.717) is 27.9 Å². The zero-order chi connectivity index (χ0) is 22.5. The van der Waals surface area contributed by atoms with Crippen LogP contribution in [-0.4, -0.2) is 34.8 Å². The van der Waals surface area contributed by atoms with E-state index in [1.54, 1.807) is 18.2 Å². The summed E-state index contributed by atoms with van der Waals surface area (Å²) < 4.78 is 0. The number of aromatic nitrogens is 1. The monoisotopic (exact) mass is 447 g/mol. The summed E-state index contributed by atoms with van der Waals surface area (Å²) in [4.78, 5) is 31.5. The Hall–Kier alpha value is -3.18. The molecule has 1 saturated heterocycles. The molecule has 0 aliphatic carbocycles. The molecule has 0 unspecified atom stereocenters. The molecule has 0 saturated carbocycles. The molecule has 0 radical (unpaired) electrons. The number of rotatable bonds is 5. The normalized spacial score (nSPS) is 14.2. The van der Waals surface area contributed by atoms with E-state index in [9.17, 15) is 9.59 Å². The second-order valence-corrected chi connectivity index (χ2v) is 8.67. The first-order chi connectivity index (χ1) is 15.5. The number of hydrogen-bond donors (Lipinski definition) is 1. The summed E-state index contributed by atoms with van der Waals surface area (Å²) >= 11 is 5.80. The molecule has 164 valence electrons. The average Bonchev–Trinajstić information content (AvgIpc) is 2.81. The molecule has 0 bridgehead atoms.